The number of rotatable bonds is 5. The zero-order chi connectivity index (χ0) is 21.5. The van der Waals surface area contributed by atoms with Gasteiger partial charge in [0.25, 0.3) is 5.56 Å². The Morgan fingerprint density at radius 2 is 2.00 bits per heavy atom. The lowest BCUT2D eigenvalue weighted by atomic mass is 10.2. The van der Waals surface area contributed by atoms with Crippen LogP contribution in [0.15, 0.2) is 51.7 Å². The maximum Gasteiger partial charge on any atom is 0.260 e. The SMILES string of the molecule is Cc1cccc(-n2c(C)nnc2SCc2nc3scc(-c4ccc(C)s4)c3c(=O)[nH]2)c1. The van der Waals surface area contributed by atoms with Crippen LogP contribution in [0.2, 0.25) is 0 Å². The van der Waals surface area contributed by atoms with Gasteiger partial charge in [0.1, 0.15) is 16.5 Å². The first-order valence-electron chi connectivity index (χ1n) is 9.68. The molecule has 0 aliphatic carbocycles. The molecule has 0 fully saturated rings. The highest BCUT2D eigenvalue weighted by Crippen LogP contribution is 2.35. The first-order chi connectivity index (χ1) is 15.0. The van der Waals surface area contributed by atoms with Gasteiger partial charge in [0.15, 0.2) is 5.16 Å². The molecule has 1 aromatic carbocycles. The monoisotopic (exact) mass is 465 g/mol. The van der Waals surface area contributed by atoms with Gasteiger partial charge in [0, 0.05) is 26.4 Å². The van der Waals surface area contributed by atoms with E-state index in [2.05, 4.69) is 53.3 Å². The number of aromatic nitrogens is 5. The third kappa shape index (κ3) is 3.84. The van der Waals surface area contributed by atoms with Crippen molar-refractivity contribution in [1.29, 1.82) is 0 Å². The number of H-pyrrole nitrogens is 1. The Morgan fingerprint density at radius 3 is 2.77 bits per heavy atom. The molecule has 0 radical (unpaired) electrons. The average molecular weight is 466 g/mol. The molecule has 6 nitrogen and oxygen atoms in total. The summed E-state index contributed by atoms with van der Waals surface area (Å²) >= 11 is 4.70. The third-order valence-electron chi connectivity index (χ3n) is 4.89. The maximum atomic E-state index is 12.9. The minimum Gasteiger partial charge on any atom is -0.309 e. The highest BCUT2D eigenvalue weighted by atomic mass is 32.2. The average Bonchev–Trinajstić information content (AvgIpc) is 3.44. The molecule has 4 aromatic heterocycles. The highest BCUT2D eigenvalue weighted by molar-refractivity contribution is 7.98. The standard InChI is InChI=1S/C22H19N5OS3/c1-12-5-4-6-15(9-12)27-14(3)25-26-22(27)30-11-18-23-20(28)19-16(10-29-21(19)24-18)17-8-7-13(2)31-17/h4-10H,11H2,1-3H3,(H,23,24,28). The summed E-state index contributed by atoms with van der Waals surface area (Å²) in [5, 5.41) is 12.0. The summed E-state index contributed by atoms with van der Waals surface area (Å²) < 4.78 is 2.02. The molecular formula is C22H19N5OS3. The summed E-state index contributed by atoms with van der Waals surface area (Å²) in [5.41, 5.74) is 3.06. The van der Waals surface area contributed by atoms with Gasteiger partial charge >= 0.3 is 0 Å². The van der Waals surface area contributed by atoms with Crippen molar-refractivity contribution in [2.75, 3.05) is 0 Å². The van der Waals surface area contributed by atoms with Crippen molar-refractivity contribution in [1.82, 2.24) is 24.7 Å². The molecule has 0 unspecified atom stereocenters. The van der Waals surface area contributed by atoms with Crippen molar-refractivity contribution in [3.05, 3.63) is 74.2 Å². The van der Waals surface area contributed by atoms with Crippen LogP contribution < -0.4 is 5.56 Å². The molecule has 9 heteroatoms. The first kappa shape index (κ1) is 20.2. The summed E-state index contributed by atoms with van der Waals surface area (Å²) in [6.07, 6.45) is 0. The van der Waals surface area contributed by atoms with Crippen LogP contribution in [-0.4, -0.2) is 24.7 Å². The van der Waals surface area contributed by atoms with Crippen LogP contribution in [0.4, 0.5) is 0 Å². The summed E-state index contributed by atoms with van der Waals surface area (Å²) in [5.74, 6) is 1.95. The number of hydrogen-bond donors (Lipinski definition) is 1. The largest absolute Gasteiger partial charge is 0.309 e. The van der Waals surface area contributed by atoms with E-state index in [4.69, 9.17) is 4.98 Å². The van der Waals surface area contributed by atoms with Crippen molar-refractivity contribution >= 4 is 44.7 Å². The number of benzene rings is 1. The Kier molecular flexibility index (Phi) is 5.25. The second-order valence-electron chi connectivity index (χ2n) is 7.25. The van der Waals surface area contributed by atoms with Crippen molar-refractivity contribution < 1.29 is 0 Å². The van der Waals surface area contributed by atoms with Crippen molar-refractivity contribution in [2.24, 2.45) is 0 Å². The lowest BCUT2D eigenvalue weighted by Gasteiger charge is -2.09. The van der Waals surface area contributed by atoms with Gasteiger partial charge in [0.05, 0.1) is 11.1 Å². The molecule has 0 atom stereocenters. The Bertz CT molecular complexity index is 1460. The summed E-state index contributed by atoms with van der Waals surface area (Å²) in [6, 6.07) is 12.4. The van der Waals surface area contributed by atoms with E-state index in [1.54, 1.807) is 11.3 Å². The van der Waals surface area contributed by atoms with E-state index in [1.165, 1.54) is 33.5 Å². The molecule has 31 heavy (non-hydrogen) atoms. The molecule has 0 bridgehead atoms. The second-order valence-corrected chi connectivity index (χ2v) is 10.3. The molecule has 5 rings (SSSR count). The molecule has 4 heterocycles. The predicted molar refractivity (Wildman–Crippen MR) is 129 cm³/mol. The number of thiophene rings is 2. The van der Waals surface area contributed by atoms with Crippen LogP contribution in [0.5, 0.6) is 0 Å². The summed E-state index contributed by atoms with van der Waals surface area (Å²) in [7, 11) is 0. The topological polar surface area (TPSA) is 76.5 Å². The van der Waals surface area contributed by atoms with E-state index < -0.39 is 0 Å². The van der Waals surface area contributed by atoms with E-state index in [-0.39, 0.29) is 5.56 Å². The molecule has 1 N–H and O–H groups in total. The molecule has 0 saturated carbocycles. The van der Waals surface area contributed by atoms with E-state index in [0.717, 1.165) is 31.9 Å². The van der Waals surface area contributed by atoms with Gasteiger partial charge in [-0.3, -0.25) is 9.36 Å². The smallest absolute Gasteiger partial charge is 0.260 e. The lowest BCUT2D eigenvalue weighted by Crippen LogP contribution is -2.10. The molecular weight excluding hydrogens is 446 g/mol. The number of aromatic amines is 1. The van der Waals surface area contributed by atoms with Crippen LogP contribution in [0.3, 0.4) is 0 Å². The summed E-state index contributed by atoms with van der Waals surface area (Å²) in [4.78, 5) is 23.6. The highest BCUT2D eigenvalue weighted by Gasteiger charge is 2.16. The fraction of sp³-hybridized carbons (Fsp3) is 0.182. The van der Waals surface area contributed by atoms with E-state index in [9.17, 15) is 4.79 Å². The van der Waals surface area contributed by atoms with Crippen molar-refractivity contribution in [3.8, 4) is 16.1 Å². The molecule has 0 amide bonds. The van der Waals surface area contributed by atoms with E-state index in [0.29, 0.717) is 17.0 Å². The Labute approximate surface area is 191 Å². The number of nitrogens with zero attached hydrogens (tertiary/aromatic N) is 4. The fourth-order valence-electron chi connectivity index (χ4n) is 3.46. The van der Waals surface area contributed by atoms with Crippen LogP contribution in [0.1, 0.15) is 22.1 Å². The van der Waals surface area contributed by atoms with Gasteiger partial charge in [-0.15, -0.1) is 32.9 Å². The molecule has 0 aliphatic heterocycles. The van der Waals surface area contributed by atoms with Crippen molar-refractivity contribution in [2.45, 2.75) is 31.7 Å². The molecule has 0 spiro atoms. The summed E-state index contributed by atoms with van der Waals surface area (Å²) in [6.45, 7) is 6.06. The maximum absolute atomic E-state index is 12.9. The van der Waals surface area contributed by atoms with Gasteiger partial charge in [-0.05, 0) is 50.6 Å². The Hall–Kier alpha value is -2.75. The third-order valence-corrected chi connectivity index (χ3v) is 7.74. The number of nitrogens with one attached hydrogen (secondary N) is 1. The van der Waals surface area contributed by atoms with E-state index >= 15 is 0 Å². The minimum absolute atomic E-state index is 0.0979. The minimum atomic E-state index is -0.0979. The van der Waals surface area contributed by atoms with E-state index in [1.807, 2.05) is 29.0 Å². The van der Waals surface area contributed by atoms with Crippen LogP contribution in [-0.2, 0) is 5.75 Å². The van der Waals surface area contributed by atoms with Gasteiger partial charge in [0.2, 0.25) is 0 Å². The van der Waals surface area contributed by atoms with Gasteiger partial charge in [-0.25, -0.2) is 4.98 Å². The predicted octanol–water partition coefficient (Wildman–Crippen LogP) is 5.51. The molecule has 0 aliphatic rings. The molecule has 5 aromatic rings. The number of fused-ring (bicyclic) bond motifs is 1. The zero-order valence-corrected chi connectivity index (χ0v) is 19.6. The van der Waals surface area contributed by atoms with Crippen LogP contribution in [0.25, 0.3) is 26.3 Å². The lowest BCUT2D eigenvalue weighted by molar-refractivity contribution is 0.865. The number of hydrogen-bond acceptors (Lipinski definition) is 7. The van der Waals surface area contributed by atoms with Gasteiger partial charge < -0.3 is 4.98 Å². The van der Waals surface area contributed by atoms with Crippen LogP contribution in [0, 0.1) is 20.8 Å². The molecule has 156 valence electrons. The quantitative estimate of drug-likeness (QED) is 0.346. The zero-order valence-electron chi connectivity index (χ0n) is 17.2. The second kappa shape index (κ2) is 8.07. The van der Waals surface area contributed by atoms with Crippen LogP contribution >= 0.6 is 34.4 Å². The molecule has 0 saturated heterocycles. The Morgan fingerprint density at radius 1 is 1.13 bits per heavy atom. The van der Waals surface area contributed by atoms with Gasteiger partial charge in [-0.1, -0.05) is 23.9 Å². The normalized spacial score (nSPS) is 11.5. The number of aryl methyl sites for hydroxylation is 3. The van der Waals surface area contributed by atoms with Gasteiger partial charge in [-0.2, -0.15) is 0 Å². The first-order valence-corrected chi connectivity index (χ1v) is 12.4. The fourth-order valence-corrected chi connectivity index (χ4v) is 6.25. The van der Waals surface area contributed by atoms with Crippen molar-refractivity contribution in [3.63, 3.8) is 0 Å². The number of thioether (sulfide) groups is 1. The Balaban J connectivity index is 1.45.